The fourth-order valence-electron chi connectivity index (χ4n) is 1.33. The Morgan fingerprint density at radius 1 is 1.71 bits per heavy atom. The van der Waals surface area contributed by atoms with E-state index in [4.69, 9.17) is 4.74 Å². The van der Waals surface area contributed by atoms with Crippen LogP contribution in [0.4, 0.5) is 4.79 Å². The number of rotatable bonds is 2. The lowest BCUT2D eigenvalue weighted by Gasteiger charge is -2.14. The average Bonchev–Trinajstić information content (AvgIpc) is 2.65. The van der Waals surface area contributed by atoms with Gasteiger partial charge in [-0.15, -0.1) is 0 Å². The zero-order chi connectivity index (χ0) is 9.97. The number of alkyl carbamates (subject to hydrolysis) is 1. The van der Waals surface area contributed by atoms with Crippen molar-refractivity contribution in [3.05, 3.63) is 30.1 Å². The molecule has 1 fully saturated rings. The number of carbonyl (C=O) groups excluding carboxylic acids is 1. The summed E-state index contributed by atoms with van der Waals surface area (Å²) in [6.45, 7) is 0.393. The van der Waals surface area contributed by atoms with Crippen molar-refractivity contribution in [2.75, 3.05) is 6.61 Å². The highest BCUT2D eigenvalue weighted by molar-refractivity contribution is 9.09. The predicted octanol–water partition coefficient (Wildman–Crippen LogP) is 1.63. The number of hydrogen-bond donors (Lipinski definition) is 1. The Labute approximate surface area is 89.8 Å². The Balaban J connectivity index is 2.09. The van der Waals surface area contributed by atoms with Crippen molar-refractivity contribution in [2.45, 2.75) is 10.9 Å². The van der Waals surface area contributed by atoms with Gasteiger partial charge in [-0.25, -0.2) is 4.79 Å². The van der Waals surface area contributed by atoms with Gasteiger partial charge in [-0.05, 0) is 11.6 Å². The molecule has 2 rings (SSSR count). The lowest BCUT2D eigenvalue weighted by atomic mass is 10.1. The Morgan fingerprint density at radius 3 is 3.14 bits per heavy atom. The van der Waals surface area contributed by atoms with E-state index in [9.17, 15) is 4.79 Å². The molecule has 0 aromatic carbocycles. The number of ether oxygens (including phenoxy) is 1. The van der Waals surface area contributed by atoms with Crippen LogP contribution >= 0.6 is 15.9 Å². The lowest BCUT2D eigenvalue weighted by molar-refractivity contribution is 0.177. The summed E-state index contributed by atoms with van der Waals surface area (Å²) < 4.78 is 4.81. The minimum Gasteiger partial charge on any atom is -0.447 e. The second-order valence-electron chi connectivity index (χ2n) is 3.04. The fourth-order valence-corrected chi connectivity index (χ4v) is 1.88. The topological polar surface area (TPSA) is 51.2 Å². The molecule has 0 bridgehead atoms. The largest absolute Gasteiger partial charge is 0.447 e. The molecule has 4 nitrogen and oxygen atoms in total. The molecule has 5 heteroatoms. The summed E-state index contributed by atoms with van der Waals surface area (Å²) in [5, 5.41) is 2.72. The molecule has 0 unspecified atom stereocenters. The maximum absolute atomic E-state index is 10.8. The van der Waals surface area contributed by atoms with Crippen LogP contribution in [-0.2, 0) is 4.74 Å². The number of amides is 1. The van der Waals surface area contributed by atoms with E-state index in [1.54, 1.807) is 12.4 Å². The van der Waals surface area contributed by atoms with Crippen molar-refractivity contribution in [2.24, 2.45) is 0 Å². The molecule has 1 aromatic heterocycles. The van der Waals surface area contributed by atoms with Crippen molar-refractivity contribution in [3.8, 4) is 0 Å². The molecule has 1 saturated heterocycles. The molecular weight excluding hydrogens is 248 g/mol. The van der Waals surface area contributed by atoms with E-state index in [1.807, 2.05) is 12.1 Å². The Hall–Kier alpha value is -1.10. The quantitative estimate of drug-likeness (QED) is 0.819. The molecule has 2 atom stereocenters. The van der Waals surface area contributed by atoms with E-state index in [-0.39, 0.29) is 17.0 Å². The zero-order valence-electron chi connectivity index (χ0n) is 7.31. The maximum atomic E-state index is 10.8. The van der Waals surface area contributed by atoms with Gasteiger partial charge in [-0.3, -0.25) is 4.98 Å². The Kier molecular flexibility index (Phi) is 2.67. The first-order chi connectivity index (χ1) is 6.77. The summed E-state index contributed by atoms with van der Waals surface area (Å²) >= 11 is 3.51. The normalized spacial score (nSPS) is 22.6. The van der Waals surface area contributed by atoms with E-state index < -0.39 is 0 Å². The van der Waals surface area contributed by atoms with Crippen molar-refractivity contribution >= 4 is 22.0 Å². The van der Waals surface area contributed by atoms with Gasteiger partial charge in [0, 0.05) is 12.4 Å². The van der Waals surface area contributed by atoms with Crippen LogP contribution in [0, 0.1) is 0 Å². The van der Waals surface area contributed by atoms with Gasteiger partial charge in [0.05, 0.1) is 10.9 Å². The molecule has 1 amide bonds. The molecule has 14 heavy (non-hydrogen) atoms. The Bertz CT molecular complexity index is 331. The van der Waals surface area contributed by atoms with Crippen LogP contribution in [0.1, 0.15) is 10.4 Å². The summed E-state index contributed by atoms with van der Waals surface area (Å²) in [6, 6.07) is 3.80. The zero-order valence-corrected chi connectivity index (χ0v) is 8.90. The molecule has 1 aromatic rings. The highest BCUT2D eigenvalue weighted by atomic mass is 79.9. The number of pyridine rings is 1. The first-order valence-electron chi connectivity index (χ1n) is 4.24. The molecule has 2 heterocycles. The first kappa shape index (κ1) is 9.45. The number of aromatic nitrogens is 1. The third-order valence-corrected chi connectivity index (χ3v) is 3.22. The second kappa shape index (κ2) is 3.96. The fraction of sp³-hybridized carbons (Fsp3) is 0.333. The highest BCUT2D eigenvalue weighted by Crippen LogP contribution is 2.27. The van der Waals surface area contributed by atoms with Crippen LogP contribution in [0.15, 0.2) is 24.5 Å². The van der Waals surface area contributed by atoms with Crippen molar-refractivity contribution < 1.29 is 9.53 Å². The van der Waals surface area contributed by atoms with Gasteiger partial charge in [0.15, 0.2) is 0 Å². The highest BCUT2D eigenvalue weighted by Gasteiger charge is 2.29. The number of halogens is 1. The van der Waals surface area contributed by atoms with Crippen molar-refractivity contribution in [1.29, 1.82) is 0 Å². The summed E-state index contributed by atoms with van der Waals surface area (Å²) in [6.07, 6.45) is 3.12. The summed E-state index contributed by atoms with van der Waals surface area (Å²) in [5.41, 5.74) is 1.03. The summed E-state index contributed by atoms with van der Waals surface area (Å²) in [5.74, 6) is 0. The molecule has 74 valence electrons. The average molecular weight is 257 g/mol. The van der Waals surface area contributed by atoms with E-state index in [2.05, 4.69) is 26.2 Å². The predicted molar refractivity (Wildman–Crippen MR) is 54.2 cm³/mol. The van der Waals surface area contributed by atoms with Gasteiger partial charge in [-0.2, -0.15) is 0 Å². The maximum Gasteiger partial charge on any atom is 0.407 e. The van der Waals surface area contributed by atoms with Crippen molar-refractivity contribution in [1.82, 2.24) is 10.3 Å². The van der Waals surface area contributed by atoms with Crippen molar-refractivity contribution in [3.63, 3.8) is 0 Å². The van der Waals surface area contributed by atoms with E-state index in [0.29, 0.717) is 6.61 Å². The van der Waals surface area contributed by atoms with Crippen LogP contribution in [0.3, 0.4) is 0 Å². The lowest BCUT2D eigenvalue weighted by Crippen LogP contribution is -2.29. The number of nitrogens with zero attached hydrogens (tertiary/aromatic N) is 1. The molecule has 1 N–H and O–H groups in total. The van der Waals surface area contributed by atoms with Gasteiger partial charge in [0.1, 0.15) is 6.61 Å². The number of hydrogen-bond acceptors (Lipinski definition) is 3. The third kappa shape index (κ3) is 1.87. The molecule has 1 aliphatic heterocycles. The van der Waals surface area contributed by atoms with E-state index in [0.717, 1.165) is 5.56 Å². The first-order valence-corrected chi connectivity index (χ1v) is 5.16. The molecule has 0 saturated carbocycles. The standard InChI is InChI=1S/C9H9BrN2O2/c10-8(6-2-1-3-11-4-6)7-5-14-9(13)12-7/h1-4,7-8H,5H2,(H,12,13)/t7-,8+/m1/s1. The van der Waals surface area contributed by atoms with Crippen LogP contribution in [0.5, 0.6) is 0 Å². The molecular formula is C9H9BrN2O2. The SMILES string of the molecule is O=C1N[C@@H]([C@@H](Br)c2cccnc2)CO1. The number of nitrogens with one attached hydrogen (secondary N) is 1. The van der Waals surface area contributed by atoms with Crippen LogP contribution in [0.2, 0.25) is 0 Å². The van der Waals surface area contributed by atoms with Gasteiger partial charge < -0.3 is 10.1 Å². The smallest absolute Gasteiger partial charge is 0.407 e. The molecule has 0 aliphatic carbocycles. The van der Waals surface area contributed by atoms with E-state index in [1.165, 1.54) is 0 Å². The van der Waals surface area contributed by atoms with E-state index >= 15 is 0 Å². The number of carbonyl (C=O) groups is 1. The van der Waals surface area contributed by atoms with Gasteiger partial charge in [-0.1, -0.05) is 22.0 Å². The Morgan fingerprint density at radius 2 is 2.57 bits per heavy atom. The minimum atomic E-state index is -0.358. The summed E-state index contributed by atoms with van der Waals surface area (Å²) in [4.78, 5) is 14.9. The monoisotopic (exact) mass is 256 g/mol. The van der Waals surface area contributed by atoms with Gasteiger partial charge in [0.2, 0.25) is 0 Å². The number of cyclic esters (lactones) is 1. The molecule has 0 radical (unpaired) electrons. The molecule has 1 aliphatic rings. The number of alkyl halides is 1. The third-order valence-electron chi connectivity index (χ3n) is 2.05. The van der Waals surface area contributed by atoms with Gasteiger partial charge >= 0.3 is 6.09 Å². The second-order valence-corrected chi connectivity index (χ2v) is 4.02. The minimum absolute atomic E-state index is 0.0216. The van der Waals surface area contributed by atoms with Crippen LogP contribution < -0.4 is 5.32 Å². The van der Waals surface area contributed by atoms with Gasteiger partial charge in [0.25, 0.3) is 0 Å². The molecule has 0 spiro atoms. The van der Waals surface area contributed by atoms with Crippen LogP contribution in [0.25, 0.3) is 0 Å². The summed E-state index contributed by atoms with van der Waals surface area (Å²) in [7, 11) is 0. The van der Waals surface area contributed by atoms with Crippen LogP contribution in [-0.4, -0.2) is 23.7 Å².